The highest BCUT2D eigenvalue weighted by Crippen LogP contribution is 2.25. The number of pyridine rings is 1. The first-order valence-electron chi connectivity index (χ1n) is 13.6. The number of ether oxygens (including phenoxy) is 2. The van der Waals surface area contributed by atoms with Crippen LogP contribution in [0.5, 0.6) is 5.75 Å². The zero-order valence-electron chi connectivity index (χ0n) is 22.9. The van der Waals surface area contributed by atoms with Crippen LogP contribution in [0.15, 0.2) is 79.0 Å². The Morgan fingerprint density at radius 3 is 2.38 bits per heavy atom. The molecule has 0 spiro atoms. The van der Waals surface area contributed by atoms with Gasteiger partial charge in [0.05, 0.1) is 5.52 Å². The van der Waals surface area contributed by atoms with Crippen LogP contribution in [0.2, 0.25) is 0 Å². The maximum absolute atomic E-state index is 13.4. The standard InChI is InChI=1S/C33H37NO5/c1-4-38-31(25-13-11-24(12-14-25)20-23(2)3)22-39-28-17-15-26(16-18-28)33(37)29-21-27(8-7-10-32(35)36)34-19-6-5-9-30(29)34/h5-6,9,11-19,21,23,31H,4,7-8,10,20,22H2,1-3H3,(H,35,36)/t31-/m1/s1. The van der Waals surface area contributed by atoms with Crippen molar-refractivity contribution in [2.24, 2.45) is 5.92 Å². The van der Waals surface area contributed by atoms with Gasteiger partial charge in [0.1, 0.15) is 18.5 Å². The topological polar surface area (TPSA) is 77.2 Å². The number of hydrogen-bond donors (Lipinski definition) is 1. The van der Waals surface area contributed by atoms with Crippen molar-refractivity contribution in [3.8, 4) is 5.75 Å². The summed E-state index contributed by atoms with van der Waals surface area (Å²) in [5.74, 6) is 0.382. The third-order valence-electron chi connectivity index (χ3n) is 6.71. The second kappa shape index (κ2) is 13.3. The summed E-state index contributed by atoms with van der Waals surface area (Å²) in [6.45, 7) is 7.36. The third kappa shape index (κ3) is 7.36. The van der Waals surface area contributed by atoms with E-state index in [1.807, 2.05) is 53.9 Å². The van der Waals surface area contributed by atoms with Crippen LogP contribution in [-0.2, 0) is 22.4 Å². The molecule has 0 aliphatic carbocycles. The number of carbonyl (C=O) groups excluding carboxylic acids is 1. The molecule has 1 N–H and O–H groups in total. The highest BCUT2D eigenvalue weighted by atomic mass is 16.5. The van der Waals surface area contributed by atoms with Crippen LogP contribution in [0.4, 0.5) is 0 Å². The Bertz CT molecular complexity index is 1390. The van der Waals surface area contributed by atoms with Gasteiger partial charge >= 0.3 is 5.97 Å². The van der Waals surface area contributed by atoms with Crippen molar-refractivity contribution >= 4 is 17.3 Å². The Morgan fingerprint density at radius 2 is 1.72 bits per heavy atom. The minimum Gasteiger partial charge on any atom is -0.491 e. The fraction of sp³-hybridized carbons (Fsp3) is 0.333. The minimum atomic E-state index is -0.818. The first-order valence-corrected chi connectivity index (χ1v) is 13.6. The van der Waals surface area contributed by atoms with Gasteiger partial charge < -0.3 is 19.0 Å². The number of hydrogen-bond acceptors (Lipinski definition) is 4. The number of carboxylic acids is 1. The van der Waals surface area contributed by atoms with Gasteiger partial charge in [-0.1, -0.05) is 44.2 Å². The minimum absolute atomic E-state index is 0.0802. The van der Waals surface area contributed by atoms with Gasteiger partial charge in [0.25, 0.3) is 0 Å². The monoisotopic (exact) mass is 527 g/mol. The maximum atomic E-state index is 13.4. The Morgan fingerprint density at radius 1 is 0.974 bits per heavy atom. The molecule has 6 heteroatoms. The van der Waals surface area contributed by atoms with Crippen molar-refractivity contribution in [2.75, 3.05) is 13.2 Å². The number of benzene rings is 2. The largest absolute Gasteiger partial charge is 0.491 e. The molecule has 2 aromatic heterocycles. The van der Waals surface area contributed by atoms with E-state index in [0.29, 0.717) is 48.8 Å². The number of rotatable bonds is 14. The average Bonchev–Trinajstić information content (AvgIpc) is 3.29. The predicted octanol–water partition coefficient (Wildman–Crippen LogP) is 6.93. The molecule has 0 amide bonds. The number of ketones is 1. The van der Waals surface area contributed by atoms with Gasteiger partial charge in [-0.15, -0.1) is 0 Å². The smallest absolute Gasteiger partial charge is 0.303 e. The van der Waals surface area contributed by atoms with E-state index in [4.69, 9.17) is 14.6 Å². The molecule has 0 bridgehead atoms. The Hall–Kier alpha value is -3.90. The summed E-state index contributed by atoms with van der Waals surface area (Å²) >= 11 is 0. The zero-order valence-corrected chi connectivity index (χ0v) is 22.9. The first-order chi connectivity index (χ1) is 18.9. The summed E-state index contributed by atoms with van der Waals surface area (Å²) in [6.07, 6.45) is 3.97. The normalized spacial score (nSPS) is 12.1. The van der Waals surface area contributed by atoms with E-state index in [-0.39, 0.29) is 18.3 Å². The molecule has 4 aromatic rings. The number of carboxylic acid groups (broad SMARTS) is 1. The molecule has 6 nitrogen and oxygen atoms in total. The van der Waals surface area contributed by atoms with E-state index in [9.17, 15) is 9.59 Å². The van der Waals surface area contributed by atoms with Crippen LogP contribution in [0, 0.1) is 5.92 Å². The third-order valence-corrected chi connectivity index (χ3v) is 6.71. The number of carbonyl (C=O) groups is 2. The average molecular weight is 528 g/mol. The van der Waals surface area contributed by atoms with Crippen molar-refractivity contribution in [3.63, 3.8) is 0 Å². The number of fused-ring (bicyclic) bond motifs is 1. The second-order valence-electron chi connectivity index (χ2n) is 10.2. The molecule has 4 rings (SSSR count). The molecule has 39 heavy (non-hydrogen) atoms. The van der Waals surface area contributed by atoms with Crippen LogP contribution in [0.3, 0.4) is 0 Å². The van der Waals surface area contributed by atoms with Gasteiger partial charge in [-0.05, 0) is 85.7 Å². The predicted molar refractivity (Wildman–Crippen MR) is 153 cm³/mol. The molecule has 0 radical (unpaired) electrons. The fourth-order valence-electron chi connectivity index (χ4n) is 4.83. The Balaban J connectivity index is 1.44. The summed E-state index contributed by atoms with van der Waals surface area (Å²) in [7, 11) is 0. The van der Waals surface area contributed by atoms with Crippen molar-refractivity contribution in [1.29, 1.82) is 0 Å². The lowest BCUT2D eigenvalue weighted by Gasteiger charge is -2.19. The van der Waals surface area contributed by atoms with E-state index in [1.165, 1.54) is 5.56 Å². The molecule has 0 aliphatic heterocycles. The second-order valence-corrected chi connectivity index (χ2v) is 10.2. The van der Waals surface area contributed by atoms with Gasteiger partial charge in [0, 0.05) is 36.0 Å². The van der Waals surface area contributed by atoms with Crippen molar-refractivity contribution < 1.29 is 24.2 Å². The van der Waals surface area contributed by atoms with Crippen LogP contribution < -0.4 is 4.74 Å². The molecule has 0 fully saturated rings. The van der Waals surface area contributed by atoms with Crippen LogP contribution in [0.1, 0.15) is 72.5 Å². The molecule has 204 valence electrons. The van der Waals surface area contributed by atoms with E-state index in [0.717, 1.165) is 23.2 Å². The van der Waals surface area contributed by atoms with E-state index < -0.39 is 5.97 Å². The molecule has 0 saturated heterocycles. The highest BCUT2D eigenvalue weighted by molar-refractivity contribution is 6.13. The summed E-state index contributed by atoms with van der Waals surface area (Å²) in [4.78, 5) is 24.4. The summed E-state index contributed by atoms with van der Waals surface area (Å²) in [5, 5.41) is 8.98. The molecule has 1 atom stereocenters. The number of nitrogens with zero attached hydrogens (tertiary/aromatic N) is 1. The van der Waals surface area contributed by atoms with Crippen molar-refractivity contribution in [3.05, 3.63) is 107 Å². The molecule has 0 saturated carbocycles. The number of aromatic nitrogens is 1. The van der Waals surface area contributed by atoms with Gasteiger partial charge in [0.15, 0.2) is 5.78 Å². The molecule has 2 aromatic carbocycles. The van der Waals surface area contributed by atoms with Crippen LogP contribution >= 0.6 is 0 Å². The van der Waals surface area contributed by atoms with Gasteiger partial charge in [0.2, 0.25) is 0 Å². The Labute approximate surface area is 230 Å². The quantitative estimate of drug-likeness (QED) is 0.180. The summed E-state index contributed by atoms with van der Waals surface area (Å²) in [6, 6.07) is 23.3. The molecular weight excluding hydrogens is 490 g/mol. The van der Waals surface area contributed by atoms with Crippen molar-refractivity contribution in [2.45, 2.75) is 52.6 Å². The molecule has 2 heterocycles. The first kappa shape index (κ1) is 28.1. The molecular formula is C33H37NO5. The highest BCUT2D eigenvalue weighted by Gasteiger charge is 2.18. The number of aliphatic carboxylic acids is 1. The van der Waals surface area contributed by atoms with E-state index >= 15 is 0 Å². The Kier molecular flexibility index (Phi) is 9.55. The SMILES string of the molecule is CCO[C@H](COc1ccc(C(=O)c2cc(CCCC(=O)O)n3ccccc23)cc1)c1ccc(CC(C)C)cc1. The van der Waals surface area contributed by atoms with Gasteiger partial charge in [-0.3, -0.25) is 9.59 Å². The van der Waals surface area contributed by atoms with E-state index in [1.54, 1.807) is 12.1 Å². The lowest BCUT2D eigenvalue weighted by molar-refractivity contribution is -0.137. The van der Waals surface area contributed by atoms with Gasteiger partial charge in [-0.25, -0.2) is 0 Å². The molecule has 0 unspecified atom stereocenters. The van der Waals surface area contributed by atoms with Gasteiger partial charge in [-0.2, -0.15) is 0 Å². The lowest BCUT2D eigenvalue weighted by atomic mass is 10.0. The van der Waals surface area contributed by atoms with Crippen LogP contribution in [-0.4, -0.2) is 34.5 Å². The van der Waals surface area contributed by atoms with E-state index in [2.05, 4.69) is 38.1 Å². The summed E-state index contributed by atoms with van der Waals surface area (Å²) in [5.41, 5.74) is 5.30. The molecule has 0 aliphatic rings. The van der Waals surface area contributed by atoms with Crippen LogP contribution in [0.25, 0.3) is 5.52 Å². The summed E-state index contributed by atoms with van der Waals surface area (Å²) < 4.78 is 14.0. The zero-order chi connectivity index (χ0) is 27.8. The fourth-order valence-corrected chi connectivity index (χ4v) is 4.83. The van der Waals surface area contributed by atoms with Crippen molar-refractivity contribution in [1.82, 2.24) is 4.40 Å². The lowest BCUT2D eigenvalue weighted by Crippen LogP contribution is -2.14. The maximum Gasteiger partial charge on any atom is 0.303 e. The number of aryl methyl sites for hydroxylation is 1.